The lowest BCUT2D eigenvalue weighted by molar-refractivity contribution is 0.0990. The highest BCUT2D eigenvalue weighted by molar-refractivity contribution is 6.42. The fourth-order valence-corrected chi connectivity index (χ4v) is 4.40. The number of halogens is 2. The molecule has 6 nitrogen and oxygen atoms in total. The summed E-state index contributed by atoms with van der Waals surface area (Å²) >= 11 is 12.4. The van der Waals surface area contributed by atoms with Crippen LogP contribution in [-0.2, 0) is 13.2 Å². The zero-order chi connectivity index (χ0) is 29.3. The molecule has 0 fully saturated rings. The molecule has 0 spiro atoms. The smallest absolute Gasteiger partial charge is 0.256 e. The van der Waals surface area contributed by atoms with E-state index in [1.54, 1.807) is 48.5 Å². The number of nitrogens with one attached hydrogen (secondary N) is 2. The van der Waals surface area contributed by atoms with Gasteiger partial charge in [-0.1, -0.05) is 83.9 Å². The van der Waals surface area contributed by atoms with Crippen LogP contribution in [-0.4, -0.2) is 11.8 Å². The maximum atomic E-state index is 13.2. The molecule has 5 aromatic carbocycles. The van der Waals surface area contributed by atoms with Gasteiger partial charge in [-0.2, -0.15) is 0 Å². The summed E-state index contributed by atoms with van der Waals surface area (Å²) in [5, 5.41) is 5.93. The van der Waals surface area contributed by atoms with Crippen LogP contribution in [0.4, 0.5) is 11.4 Å². The van der Waals surface area contributed by atoms with Gasteiger partial charge in [0.2, 0.25) is 0 Å². The minimum absolute atomic E-state index is 0.0779. The first kappa shape index (κ1) is 28.7. The lowest BCUT2D eigenvalue weighted by atomic mass is 10.1. The van der Waals surface area contributed by atoms with Crippen LogP contribution in [0.15, 0.2) is 121 Å². The van der Waals surface area contributed by atoms with Crippen LogP contribution in [0.1, 0.15) is 31.8 Å². The van der Waals surface area contributed by atoms with Gasteiger partial charge >= 0.3 is 0 Å². The second kappa shape index (κ2) is 13.7. The highest BCUT2D eigenvalue weighted by Gasteiger charge is 2.20. The lowest BCUT2D eigenvalue weighted by Gasteiger charge is -2.13. The third-order valence-corrected chi connectivity index (χ3v) is 6.99. The minimum atomic E-state index is -0.513. The standard InChI is InChI=1S/C34H26Cl2N2O4/c35-31-19-29(33(39)37-25-11-15-27(16-12-25)41-21-23-7-3-1-4-8-23)30(20-32(31)36)34(40)38-26-13-17-28(18-14-26)42-22-24-9-5-2-6-10-24/h1-20H,21-22H2,(H,37,39)(H,38,40). The number of anilines is 2. The Morgan fingerprint density at radius 2 is 0.881 bits per heavy atom. The number of benzene rings is 5. The largest absolute Gasteiger partial charge is 0.489 e. The van der Waals surface area contributed by atoms with E-state index in [2.05, 4.69) is 10.6 Å². The van der Waals surface area contributed by atoms with E-state index in [0.717, 1.165) is 11.1 Å². The first-order valence-corrected chi connectivity index (χ1v) is 13.9. The van der Waals surface area contributed by atoms with E-state index in [1.165, 1.54) is 12.1 Å². The van der Waals surface area contributed by atoms with Crippen molar-refractivity contribution in [3.63, 3.8) is 0 Å². The van der Waals surface area contributed by atoms with Crippen molar-refractivity contribution in [2.45, 2.75) is 13.2 Å². The molecule has 2 N–H and O–H groups in total. The molecule has 0 aliphatic rings. The maximum Gasteiger partial charge on any atom is 0.256 e. The second-order valence-corrected chi connectivity index (χ2v) is 10.1. The predicted molar refractivity (Wildman–Crippen MR) is 167 cm³/mol. The number of rotatable bonds is 10. The van der Waals surface area contributed by atoms with Crippen molar-refractivity contribution in [2.24, 2.45) is 0 Å². The Morgan fingerprint density at radius 3 is 1.24 bits per heavy atom. The molecular formula is C34H26Cl2N2O4. The first-order valence-electron chi connectivity index (χ1n) is 13.1. The quantitative estimate of drug-likeness (QED) is 0.169. The summed E-state index contributed by atoms with van der Waals surface area (Å²) in [4.78, 5) is 26.5. The van der Waals surface area contributed by atoms with Crippen LogP contribution in [0.2, 0.25) is 10.0 Å². The van der Waals surface area contributed by atoms with Gasteiger partial charge in [-0.3, -0.25) is 9.59 Å². The fraction of sp³-hybridized carbons (Fsp3) is 0.0588. The number of hydrogen-bond acceptors (Lipinski definition) is 4. The van der Waals surface area contributed by atoms with Crippen molar-refractivity contribution in [3.8, 4) is 11.5 Å². The van der Waals surface area contributed by atoms with Crippen LogP contribution in [0.25, 0.3) is 0 Å². The number of carbonyl (C=O) groups excluding carboxylic acids is 2. The van der Waals surface area contributed by atoms with Crippen LogP contribution in [0.5, 0.6) is 11.5 Å². The molecule has 42 heavy (non-hydrogen) atoms. The number of ether oxygens (including phenoxy) is 2. The summed E-state index contributed by atoms with van der Waals surface area (Å²) in [7, 11) is 0. The molecule has 0 bridgehead atoms. The Kier molecular flexibility index (Phi) is 9.39. The van der Waals surface area contributed by atoms with Gasteiger partial charge < -0.3 is 20.1 Å². The van der Waals surface area contributed by atoms with Crippen molar-refractivity contribution < 1.29 is 19.1 Å². The van der Waals surface area contributed by atoms with E-state index < -0.39 is 11.8 Å². The number of amides is 2. The van der Waals surface area contributed by atoms with E-state index in [4.69, 9.17) is 32.7 Å². The van der Waals surface area contributed by atoms with Crippen molar-refractivity contribution in [1.29, 1.82) is 0 Å². The molecule has 5 aromatic rings. The molecule has 2 amide bonds. The summed E-state index contributed by atoms with van der Waals surface area (Å²) in [6, 6.07) is 36.3. The summed E-state index contributed by atoms with van der Waals surface area (Å²) in [5.41, 5.74) is 3.30. The van der Waals surface area contributed by atoms with Gasteiger partial charge in [0.15, 0.2) is 0 Å². The van der Waals surface area contributed by atoms with Crippen molar-refractivity contribution >= 4 is 46.4 Å². The van der Waals surface area contributed by atoms with Gasteiger partial charge in [-0.15, -0.1) is 0 Å². The number of hydrogen-bond donors (Lipinski definition) is 2. The molecule has 0 saturated heterocycles. The molecule has 5 rings (SSSR count). The zero-order valence-corrected chi connectivity index (χ0v) is 23.9. The molecule has 210 valence electrons. The van der Waals surface area contributed by atoms with Crippen LogP contribution in [0, 0.1) is 0 Å². The van der Waals surface area contributed by atoms with E-state index in [0.29, 0.717) is 36.1 Å². The minimum Gasteiger partial charge on any atom is -0.489 e. The van der Waals surface area contributed by atoms with E-state index in [-0.39, 0.29) is 21.2 Å². The van der Waals surface area contributed by atoms with Gasteiger partial charge in [0.1, 0.15) is 24.7 Å². The Balaban J connectivity index is 1.23. The highest BCUT2D eigenvalue weighted by Crippen LogP contribution is 2.28. The molecule has 0 aromatic heterocycles. The topological polar surface area (TPSA) is 76.7 Å². The molecule has 0 atom stereocenters. The maximum absolute atomic E-state index is 13.2. The van der Waals surface area contributed by atoms with Gasteiger partial charge in [-0.25, -0.2) is 0 Å². The molecule has 0 heterocycles. The summed E-state index contributed by atoms with van der Waals surface area (Å²) in [5.74, 6) is 0.286. The molecule has 0 unspecified atom stereocenters. The van der Waals surface area contributed by atoms with Gasteiger partial charge in [-0.05, 0) is 71.8 Å². The molecular weight excluding hydrogens is 571 g/mol. The Bertz CT molecular complexity index is 1530. The fourth-order valence-electron chi connectivity index (χ4n) is 4.07. The highest BCUT2D eigenvalue weighted by atomic mass is 35.5. The summed E-state index contributed by atoms with van der Waals surface area (Å²) in [6.07, 6.45) is 0. The summed E-state index contributed by atoms with van der Waals surface area (Å²) in [6.45, 7) is 0.857. The van der Waals surface area contributed by atoms with Crippen LogP contribution in [0.3, 0.4) is 0 Å². The second-order valence-electron chi connectivity index (χ2n) is 9.32. The first-order chi connectivity index (χ1) is 20.4. The van der Waals surface area contributed by atoms with Gasteiger partial charge in [0, 0.05) is 11.4 Å². The molecule has 0 radical (unpaired) electrons. The third kappa shape index (κ3) is 7.69. The zero-order valence-electron chi connectivity index (χ0n) is 22.4. The Morgan fingerprint density at radius 1 is 0.524 bits per heavy atom. The summed E-state index contributed by atoms with van der Waals surface area (Å²) < 4.78 is 11.6. The van der Waals surface area contributed by atoms with Gasteiger partial charge in [0.25, 0.3) is 11.8 Å². The molecule has 0 aliphatic heterocycles. The normalized spacial score (nSPS) is 10.5. The van der Waals surface area contributed by atoms with Crippen LogP contribution < -0.4 is 20.1 Å². The van der Waals surface area contributed by atoms with Crippen molar-refractivity contribution in [3.05, 3.63) is 154 Å². The number of carbonyl (C=O) groups is 2. The molecule has 8 heteroatoms. The van der Waals surface area contributed by atoms with E-state index in [1.807, 2.05) is 60.7 Å². The SMILES string of the molecule is O=C(Nc1ccc(OCc2ccccc2)cc1)c1cc(Cl)c(Cl)cc1C(=O)Nc1ccc(OCc2ccccc2)cc1. The molecule has 0 aliphatic carbocycles. The average Bonchev–Trinajstić information content (AvgIpc) is 3.02. The molecule has 0 saturated carbocycles. The van der Waals surface area contributed by atoms with Crippen molar-refractivity contribution in [2.75, 3.05) is 10.6 Å². The van der Waals surface area contributed by atoms with Crippen molar-refractivity contribution in [1.82, 2.24) is 0 Å². The van der Waals surface area contributed by atoms with E-state index >= 15 is 0 Å². The van der Waals surface area contributed by atoms with Crippen LogP contribution >= 0.6 is 23.2 Å². The predicted octanol–water partition coefficient (Wildman–Crippen LogP) is 8.66. The van der Waals surface area contributed by atoms with Gasteiger partial charge in [0.05, 0.1) is 21.2 Å². The lowest BCUT2D eigenvalue weighted by Crippen LogP contribution is -2.20. The monoisotopic (exact) mass is 596 g/mol. The Labute approximate surface area is 253 Å². The Hall–Kier alpha value is -4.78. The van der Waals surface area contributed by atoms with E-state index in [9.17, 15) is 9.59 Å². The average molecular weight is 597 g/mol. The third-order valence-electron chi connectivity index (χ3n) is 6.27.